The molecule has 1 unspecified atom stereocenters. The fraction of sp³-hybridized carbons (Fsp3) is 0.550. The van der Waals surface area contributed by atoms with Gasteiger partial charge in [-0.25, -0.2) is 9.59 Å². The molecular formula is C20H25F6N3O5S. The van der Waals surface area contributed by atoms with Crippen molar-refractivity contribution in [2.75, 3.05) is 20.3 Å². The molecule has 0 aromatic carbocycles. The molecule has 1 aliphatic rings. The van der Waals surface area contributed by atoms with E-state index in [-0.39, 0.29) is 0 Å². The van der Waals surface area contributed by atoms with Crippen molar-refractivity contribution in [2.24, 2.45) is 0 Å². The van der Waals surface area contributed by atoms with Gasteiger partial charge >= 0.3 is 24.3 Å². The van der Waals surface area contributed by atoms with Crippen molar-refractivity contribution in [3.63, 3.8) is 0 Å². The molecule has 0 amide bonds. The molecule has 8 nitrogen and oxygen atoms in total. The van der Waals surface area contributed by atoms with E-state index in [1.165, 1.54) is 21.0 Å². The number of thiophene rings is 1. The molecule has 0 spiro atoms. The molecule has 0 bridgehead atoms. The van der Waals surface area contributed by atoms with Crippen LogP contribution in [0.2, 0.25) is 0 Å². The summed E-state index contributed by atoms with van der Waals surface area (Å²) in [4.78, 5) is 23.1. The number of aromatic nitrogens is 2. The summed E-state index contributed by atoms with van der Waals surface area (Å²) in [5.74, 6) is -5.08. The van der Waals surface area contributed by atoms with Crippen LogP contribution in [0, 0.1) is 6.92 Å². The van der Waals surface area contributed by atoms with Crippen molar-refractivity contribution < 1.29 is 50.9 Å². The Morgan fingerprint density at radius 1 is 1.14 bits per heavy atom. The number of hydrogen-bond donors (Lipinski definition) is 2. The van der Waals surface area contributed by atoms with Crippen molar-refractivity contribution in [2.45, 2.75) is 51.8 Å². The number of carbonyl (C=O) groups is 2. The molecule has 2 aromatic rings. The Labute approximate surface area is 200 Å². The number of rotatable bonds is 5. The Bertz CT molecular complexity index is 949. The number of aliphatic carboxylic acids is 2. The minimum Gasteiger partial charge on any atom is -0.475 e. The topological polar surface area (TPSA) is 105 Å². The summed E-state index contributed by atoms with van der Waals surface area (Å²) in [6, 6.07) is 4.44. The number of alkyl halides is 6. The van der Waals surface area contributed by atoms with Crippen LogP contribution in [0.1, 0.15) is 33.9 Å². The summed E-state index contributed by atoms with van der Waals surface area (Å²) < 4.78 is 70.9. The third-order valence-corrected chi connectivity index (χ3v) is 5.50. The zero-order chi connectivity index (χ0) is 27.0. The largest absolute Gasteiger partial charge is 0.490 e. The molecule has 1 aliphatic heterocycles. The van der Waals surface area contributed by atoms with Gasteiger partial charge in [0.1, 0.15) is 0 Å². The van der Waals surface area contributed by atoms with Crippen LogP contribution in [0.15, 0.2) is 18.3 Å². The maximum atomic E-state index is 10.6. The van der Waals surface area contributed by atoms with Crippen LogP contribution in [0.25, 0.3) is 0 Å². The first-order valence-electron chi connectivity index (χ1n) is 10.0. The minimum atomic E-state index is -5.08. The second-order valence-electron chi connectivity index (χ2n) is 7.33. The van der Waals surface area contributed by atoms with Gasteiger partial charge in [-0.2, -0.15) is 31.4 Å². The Morgan fingerprint density at radius 2 is 1.69 bits per heavy atom. The second-order valence-corrected chi connectivity index (χ2v) is 8.70. The summed E-state index contributed by atoms with van der Waals surface area (Å²) >= 11 is 1.89. The van der Waals surface area contributed by atoms with Crippen LogP contribution in [0.4, 0.5) is 26.3 Å². The van der Waals surface area contributed by atoms with Gasteiger partial charge < -0.3 is 14.9 Å². The van der Waals surface area contributed by atoms with E-state index in [0.29, 0.717) is 5.92 Å². The molecule has 0 saturated carbocycles. The molecule has 15 heteroatoms. The van der Waals surface area contributed by atoms with Crippen molar-refractivity contribution in [1.82, 2.24) is 14.7 Å². The summed E-state index contributed by atoms with van der Waals surface area (Å²) in [6.07, 6.45) is -7.97. The summed E-state index contributed by atoms with van der Waals surface area (Å²) in [6.45, 7) is 9.00. The number of fused-ring (bicyclic) bond motifs is 1. The second kappa shape index (κ2) is 12.9. The van der Waals surface area contributed by atoms with Gasteiger partial charge in [-0.1, -0.05) is 0 Å². The van der Waals surface area contributed by atoms with Gasteiger partial charge in [0, 0.05) is 60.7 Å². The van der Waals surface area contributed by atoms with Gasteiger partial charge in [0.25, 0.3) is 0 Å². The van der Waals surface area contributed by atoms with E-state index in [4.69, 9.17) is 29.6 Å². The first kappa shape index (κ1) is 30.4. The van der Waals surface area contributed by atoms with E-state index in [0.717, 1.165) is 32.8 Å². The molecule has 3 heterocycles. The lowest BCUT2D eigenvalue weighted by Gasteiger charge is -2.31. The normalized spacial score (nSPS) is 15.9. The highest BCUT2D eigenvalue weighted by atomic mass is 32.1. The van der Waals surface area contributed by atoms with Gasteiger partial charge in [-0.3, -0.25) is 9.58 Å². The molecule has 2 aromatic heterocycles. The Morgan fingerprint density at radius 3 is 2.09 bits per heavy atom. The number of methoxy groups -OCH3 is 1. The highest BCUT2D eigenvalue weighted by molar-refractivity contribution is 7.11. The number of carboxylic acids is 2. The van der Waals surface area contributed by atoms with Crippen molar-refractivity contribution in [1.29, 1.82) is 0 Å². The van der Waals surface area contributed by atoms with E-state index in [9.17, 15) is 26.3 Å². The molecule has 35 heavy (non-hydrogen) atoms. The average molecular weight is 533 g/mol. The minimum absolute atomic E-state index is 0.431. The third-order valence-electron chi connectivity index (χ3n) is 4.51. The molecule has 1 atom stereocenters. The van der Waals surface area contributed by atoms with E-state index in [1.807, 2.05) is 16.0 Å². The third kappa shape index (κ3) is 10.2. The summed E-state index contributed by atoms with van der Waals surface area (Å²) in [7, 11) is 1.78. The first-order chi connectivity index (χ1) is 16.1. The average Bonchev–Trinajstić information content (AvgIpc) is 3.33. The predicted octanol–water partition coefficient (Wildman–Crippen LogP) is 4.29. The Kier molecular flexibility index (Phi) is 11.2. The zero-order valence-corrected chi connectivity index (χ0v) is 19.8. The summed E-state index contributed by atoms with van der Waals surface area (Å²) in [5.41, 5.74) is 2.59. The molecule has 0 saturated heterocycles. The molecule has 198 valence electrons. The Balaban J connectivity index is 0.000000362. The van der Waals surface area contributed by atoms with Gasteiger partial charge in [-0.15, -0.1) is 11.3 Å². The number of hydrogen-bond acceptors (Lipinski definition) is 6. The maximum Gasteiger partial charge on any atom is 0.490 e. The van der Waals surface area contributed by atoms with Gasteiger partial charge in [0.2, 0.25) is 0 Å². The predicted molar refractivity (Wildman–Crippen MR) is 113 cm³/mol. The maximum absolute atomic E-state index is 10.6. The molecule has 3 rings (SSSR count). The van der Waals surface area contributed by atoms with Crippen molar-refractivity contribution in [3.8, 4) is 0 Å². The van der Waals surface area contributed by atoms with E-state index >= 15 is 0 Å². The highest BCUT2D eigenvalue weighted by Crippen LogP contribution is 2.30. The van der Waals surface area contributed by atoms with E-state index in [2.05, 4.69) is 37.1 Å². The lowest BCUT2D eigenvalue weighted by molar-refractivity contribution is -0.193. The molecule has 0 aliphatic carbocycles. The molecule has 0 fully saturated rings. The lowest BCUT2D eigenvalue weighted by atomic mass is 9.95. The number of aryl methyl sites for hydroxylation is 2. The standard InChI is InChI=1S/C16H23N3OS.2C2HF3O2/c1-4-19-9-15-13(11-20-3)7-18(10-16(15)17-19)8-14-6-5-12(2)21-14;2*3-2(4,5)1(6)7/h5-6,9,13H,4,7-8,10-11H2,1-3H3;2*(H,6,7). The van der Waals surface area contributed by atoms with Gasteiger partial charge in [0.05, 0.1) is 12.3 Å². The summed E-state index contributed by atoms with van der Waals surface area (Å²) in [5, 5.41) is 19.0. The van der Waals surface area contributed by atoms with Crippen molar-refractivity contribution >= 4 is 23.3 Å². The smallest absolute Gasteiger partial charge is 0.475 e. The molecular weight excluding hydrogens is 508 g/mol. The van der Waals surface area contributed by atoms with Crippen LogP contribution in [0.3, 0.4) is 0 Å². The van der Waals surface area contributed by atoms with Crippen LogP contribution >= 0.6 is 11.3 Å². The van der Waals surface area contributed by atoms with Crippen LogP contribution in [-0.2, 0) is 34.0 Å². The van der Waals surface area contributed by atoms with Crippen LogP contribution < -0.4 is 0 Å². The Hall–Kier alpha value is -2.65. The lowest BCUT2D eigenvalue weighted by Crippen LogP contribution is -2.34. The van der Waals surface area contributed by atoms with E-state index < -0.39 is 24.3 Å². The number of ether oxygens (including phenoxy) is 1. The zero-order valence-electron chi connectivity index (χ0n) is 19.0. The molecule has 2 N–H and O–H groups in total. The quantitative estimate of drug-likeness (QED) is 0.553. The number of carboxylic acid groups (broad SMARTS) is 2. The molecule has 0 radical (unpaired) electrons. The van der Waals surface area contributed by atoms with Gasteiger partial charge in [-0.05, 0) is 26.0 Å². The first-order valence-corrected chi connectivity index (χ1v) is 10.8. The fourth-order valence-corrected chi connectivity index (χ4v) is 3.98. The van der Waals surface area contributed by atoms with Gasteiger partial charge in [0.15, 0.2) is 0 Å². The number of nitrogens with zero attached hydrogens (tertiary/aromatic N) is 3. The van der Waals surface area contributed by atoms with E-state index in [1.54, 1.807) is 7.11 Å². The number of halogens is 6. The monoisotopic (exact) mass is 533 g/mol. The van der Waals surface area contributed by atoms with Crippen molar-refractivity contribution in [3.05, 3.63) is 39.3 Å². The van der Waals surface area contributed by atoms with Crippen LogP contribution in [0.5, 0.6) is 0 Å². The highest BCUT2D eigenvalue weighted by Gasteiger charge is 2.38. The fourth-order valence-electron chi connectivity index (χ4n) is 3.04. The van der Waals surface area contributed by atoms with Crippen LogP contribution in [-0.4, -0.2) is 69.4 Å². The SMILES string of the molecule is CCn1cc2c(n1)CN(Cc1ccc(C)s1)CC2COC.O=C(O)C(F)(F)F.O=C(O)C(F)(F)F.